The molecule has 0 bridgehead atoms. The van der Waals surface area contributed by atoms with Gasteiger partial charge < -0.3 is 50.1 Å². The third-order valence-electron chi connectivity index (χ3n) is 10.2. The number of nitrogens with zero attached hydrogens (tertiary/aromatic N) is 4. The van der Waals surface area contributed by atoms with E-state index in [1.807, 2.05) is 42.5 Å². The van der Waals surface area contributed by atoms with Crippen LogP contribution in [0.3, 0.4) is 0 Å². The predicted molar refractivity (Wildman–Crippen MR) is 206 cm³/mol. The summed E-state index contributed by atoms with van der Waals surface area (Å²) in [6.45, 7) is 0.864. The molecule has 4 atom stereocenters. The number of aromatic nitrogens is 4. The summed E-state index contributed by atoms with van der Waals surface area (Å²) >= 11 is 0. The highest BCUT2D eigenvalue weighted by Gasteiger charge is 2.38. The second-order valence-electron chi connectivity index (χ2n) is 14.0. The van der Waals surface area contributed by atoms with Gasteiger partial charge in [0.15, 0.2) is 0 Å². The van der Waals surface area contributed by atoms with Gasteiger partial charge in [-0.25, -0.2) is 19.6 Å². The number of ether oxygens (including phenoxy) is 2. The first-order chi connectivity index (χ1) is 27.9. The Morgan fingerprint density at radius 1 is 0.776 bits per heavy atom. The molecule has 0 saturated carbocycles. The van der Waals surface area contributed by atoms with Crippen molar-refractivity contribution >= 4 is 47.0 Å². The number of aliphatic carboxylic acids is 2. The number of imidazole rings is 2. The van der Waals surface area contributed by atoms with Crippen molar-refractivity contribution in [1.29, 1.82) is 0 Å². The topological polar surface area (TPSA) is 249 Å². The van der Waals surface area contributed by atoms with Crippen molar-refractivity contribution in [2.45, 2.75) is 75.5 Å². The number of hydrogen-bond donors (Lipinski definition) is 6. The maximum atomic E-state index is 13.5. The Morgan fingerprint density at radius 2 is 1.31 bits per heavy atom. The van der Waals surface area contributed by atoms with Crippen LogP contribution < -0.4 is 10.6 Å². The first-order valence-electron chi connectivity index (χ1n) is 18.8. The quantitative estimate of drug-likeness (QED) is 0.106. The minimum Gasteiger partial charge on any atom is -0.481 e. The highest BCUT2D eigenvalue weighted by molar-refractivity contribution is 5.88. The molecule has 18 heteroatoms. The fourth-order valence-electron chi connectivity index (χ4n) is 7.28. The number of carboxylic acids is 2. The lowest BCUT2D eigenvalue weighted by molar-refractivity contribution is -0.140. The number of benzene rings is 2. The number of hydrogen-bond acceptors (Lipinski definition) is 10. The Balaban J connectivity index is 1.11. The highest BCUT2D eigenvalue weighted by atomic mass is 16.5. The number of nitrogens with one attached hydrogen (secondary N) is 4. The van der Waals surface area contributed by atoms with Gasteiger partial charge in [-0.3, -0.25) is 19.2 Å². The minimum atomic E-state index is -1.08. The largest absolute Gasteiger partial charge is 0.481 e. The van der Waals surface area contributed by atoms with Gasteiger partial charge >= 0.3 is 24.1 Å². The van der Waals surface area contributed by atoms with Crippen LogP contribution in [-0.4, -0.2) is 115 Å². The number of H-pyrrole nitrogens is 2. The molecule has 58 heavy (non-hydrogen) atoms. The molecule has 4 amide bonds. The van der Waals surface area contributed by atoms with Gasteiger partial charge in [0.05, 0.1) is 49.2 Å². The van der Waals surface area contributed by atoms with Gasteiger partial charge in [-0.2, -0.15) is 0 Å². The number of carboxylic acid groups (broad SMARTS) is 2. The molecule has 2 saturated heterocycles. The van der Waals surface area contributed by atoms with Crippen LogP contribution in [0, 0.1) is 11.8 Å². The Bertz CT molecular complexity index is 2240. The van der Waals surface area contributed by atoms with Crippen molar-refractivity contribution in [2.24, 2.45) is 0 Å². The predicted octanol–water partition coefficient (Wildman–Crippen LogP) is 3.86. The smallest absolute Gasteiger partial charge is 0.407 e. The average Bonchev–Trinajstić information content (AvgIpc) is 4.05. The van der Waals surface area contributed by atoms with Gasteiger partial charge in [-0.15, -0.1) is 0 Å². The number of fused-ring (bicyclic) bond motifs is 1. The van der Waals surface area contributed by atoms with Crippen molar-refractivity contribution in [1.82, 2.24) is 40.4 Å². The molecule has 0 unspecified atom stereocenters. The van der Waals surface area contributed by atoms with Gasteiger partial charge in [-0.1, -0.05) is 24.0 Å². The number of carbonyl (C=O) groups excluding carboxylic acids is 4. The summed E-state index contributed by atoms with van der Waals surface area (Å²) < 4.78 is 9.30. The zero-order valence-corrected chi connectivity index (χ0v) is 31.9. The Kier molecular flexibility index (Phi) is 12.9. The van der Waals surface area contributed by atoms with E-state index >= 15 is 0 Å². The number of aromatic amines is 2. The summed E-state index contributed by atoms with van der Waals surface area (Å²) in [5.74, 6) is 4.59. The molecule has 304 valence electrons. The monoisotopic (exact) mass is 796 g/mol. The normalized spacial score (nSPS) is 17.2. The van der Waals surface area contributed by atoms with E-state index in [0.717, 1.165) is 27.9 Å². The van der Waals surface area contributed by atoms with Crippen LogP contribution in [0.15, 0.2) is 48.7 Å². The Labute approximate surface area is 332 Å². The van der Waals surface area contributed by atoms with E-state index in [-0.39, 0.29) is 37.8 Å². The summed E-state index contributed by atoms with van der Waals surface area (Å²) in [5, 5.41) is 23.3. The van der Waals surface area contributed by atoms with Crippen LogP contribution in [0.25, 0.3) is 22.3 Å². The molecular formula is C40H44N8O10. The first kappa shape index (κ1) is 40.8. The van der Waals surface area contributed by atoms with Gasteiger partial charge in [-0.05, 0) is 74.4 Å². The van der Waals surface area contributed by atoms with Gasteiger partial charge in [0.2, 0.25) is 11.8 Å². The van der Waals surface area contributed by atoms with E-state index in [2.05, 4.69) is 46.9 Å². The van der Waals surface area contributed by atoms with Gasteiger partial charge in [0.25, 0.3) is 0 Å². The summed E-state index contributed by atoms with van der Waals surface area (Å²) in [6, 6.07) is 10.3. The molecule has 2 aromatic heterocycles. The molecule has 4 aromatic rings. The van der Waals surface area contributed by atoms with Crippen molar-refractivity contribution in [2.75, 3.05) is 27.3 Å². The number of rotatable bonds is 13. The van der Waals surface area contributed by atoms with Crippen molar-refractivity contribution in [3.05, 3.63) is 71.4 Å². The lowest BCUT2D eigenvalue weighted by Crippen LogP contribution is -2.48. The van der Waals surface area contributed by atoms with Crippen LogP contribution in [0.5, 0.6) is 0 Å². The third-order valence-corrected chi connectivity index (χ3v) is 10.2. The Morgan fingerprint density at radius 3 is 1.86 bits per heavy atom. The van der Waals surface area contributed by atoms with E-state index in [9.17, 15) is 33.9 Å². The van der Waals surface area contributed by atoms with Crippen LogP contribution in [0.4, 0.5) is 9.59 Å². The van der Waals surface area contributed by atoms with E-state index < -0.39 is 48.0 Å². The number of carbonyl (C=O) groups is 6. The fourth-order valence-corrected chi connectivity index (χ4v) is 7.28. The van der Waals surface area contributed by atoms with Crippen LogP contribution in [0.2, 0.25) is 0 Å². The summed E-state index contributed by atoms with van der Waals surface area (Å²) in [7, 11) is 2.35. The summed E-state index contributed by atoms with van der Waals surface area (Å²) in [5.41, 5.74) is 4.53. The van der Waals surface area contributed by atoms with Gasteiger partial charge in [0, 0.05) is 37.1 Å². The molecule has 6 rings (SSSR count). The zero-order valence-electron chi connectivity index (χ0n) is 31.9. The standard InChI is InChI=1S/C40H44N8O10/c1-57-39(55)45-27(15-17-33(49)50)37(53)47-19-3-5-31(47)35-41-22-30(44-35)25-12-9-23(10-13-25)7-8-24-11-14-26-29(21-24)43-36(42-26)32-6-4-20-48(32)38(54)28(16-18-34(51)52)46-40(56)58-2/h9-14,21-22,27-28,31-32H,3-6,15-20H2,1-2H3,(H,41,44)(H,42,43)(H,45,55)(H,46,56)(H,49,50)(H,51,52)/t27-,28-,31-,32-/m0/s1. The van der Waals surface area contributed by atoms with E-state index in [1.54, 1.807) is 16.0 Å². The molecular weight excluding hydrogens is 752 g/mol. The highest BCUT2D eigenvalue weighted by Crippen LogP contribution is 2.34. The van der Waals surface area contributed by atoms with E-state index in [0.29, 0.717) is 55.9 Å². The molecule has 4 heterocycles. The summed E-state index contributed by atoms with van der Waals surface area (Å²) in [6.07, 6.45) is 2.03. The van der Waals surface area contributed by atoms with Crippen molar-refractivity contribution in [3.63, 3.8) is 0 Å². The molecule has 0 spiro atoms. The number of methoxy groups -OCH3 is 2. The number of amides is 4. The van der Waals surface area contributed by atoms with E-state index in [1.165, 1.54) is 14.2 Å². The van der Waals surface area contributed by atoms with Crippen molar-refractivity contribution < 1.29 is 48.5 Å². The molecule has 2 aliphatic heterocycles. The van der Waals surface area contributed by atoms with Gasteiger partial charge in [0.1, 0.15) is 23.7 Å². The maximum absolute atomic E-state index is 13.5. The van der Waals surface area contributed by atoms with Crippen LogP contribution in [-0.2, 0) is 28.7 Å². The third kappa shape index (κ3) is 9.72. The van der Waals surface area contributed by atoms with Crippen LogP contribution in [0.1, 0.15) is 86.2 Å². The lowest BCUT2D eigenvalue weighted by Gasteiger charge is -2.28. The van der Waals surface area contributed by atoms with E-state index in [4.69, 9.17) is 10.1 Å². The second-order valence-corrected chi connectivity index (χ2v) is 14.0. The molecule has 6 N–H and O–H groups in total. The molecule has 2 aromatic carbocycles. The first-order valence-corrected chi connectivity index (χ1v) is 18.8. The number of likely N-dealkylation sites (tertiary alicyclic amines) is 2. The Hall–Kier alpha value is -6.90. The molecule has 2 aliphatic rings. The minimum absolute atomic E-state index is 0.0767. The average molecular weight is 797 g/mol. The summed E-state index contributed by atoms with van der Waals surface area (Å²) in [4.78, 5) is 92.4. The SMILES string of the molecule is COC(=O)N[C@@H](CCC(=O)O)C(=O)N1CCC[C@H]1c1ncc(-c2ccc(C#Cc3ccc4nc([C@@H]5CCCN5C(=O)[C@H](CCC(=O)O)NC(=O)OC)[nH]c4c3)cc2)[nH]1. The maximum Gasteiger partial charge on any atom is 0.407 e. The van der Waals surface area contributed by atoms with Crippen LogP contribution >= 0.6 is 0 Å². The second kappa shape index (κ2) is 18.4. The molecule has 0 aliphatic carbocycles. The molecule has 2 fully saturated rings. The van der Waals surface area contributed by atoms with Crippen molar-refractivity contribution in [3.8, 4) is 23.1 Å². The zero-order chi connectivity index (χ0) is 41.3. The molecule has 0 radical (unpaired) electrons. The fraction of sp³-hybridized carbons (Fsp3) is 0.400. The number of alkyl carbamates (subject to hydrolysis) is 2. The molecule has 18 nitrogen and oxygen atoms in total. The lowest BCUT2D eigenvalue weighted by atomic mass is 10.1.